The number of ether oxygens (including phenoxy) is 1. The lowest BCUT2D eigenvalue weighted by molar-refractivity contribution is -0.384. The maximum Gasteiger partial charge on any atom is 0.341 e. The van der Waals surface area contributed by atoms with Gasteiger partial charge in [0, 0.05) is 17.0 Å². The molecule has 3 unspecified atom stereocenters. The molecule has 3 aromatic rings. The molecule has 11 heteroatoms. The van der Waals surface area contributed by atoms with Crippen molar-refractivity contribution < 1.29 is 28.9 Å². The van der Waals surface area contributed by atoms with E-state index in [1.54, 1.807) is 31.0 Å². The van der Waals surface area contributed by atoms with Crippen molar-refractivity contribution in [3.63, 3.8) is 0 Å². The summed E-state index contributed by atoms with van der Waals surface area (Å²) in [5.74, 6) is -2.63. The maximum absolute atomic E-state index is 14.0. The molecule has 0 radical (unpaired) electrons. The van der Waals surface area contributed by atoms with E-state index < -0.39 is 40.8 Å². The van der Waals surface area contributed by atoms with Gasteiger partial charge in [-0.05, 0) is 50.5 Å². The molecule has 0 bridgehead atoms. The van der Waals surface area contributed by atoms with Crippen molar-refractivity contribution in [3.05, 3.63) is 85.8 Å². The van der Waals surface area contributed by atoms with Crippen LogP contribution in [0.1, 0.15) is 44.9 Å². The van der Waals surface area contributed by atoms with E-state index in [9.17, 15) is 24.5 Å². The summed E-state index contributed by atoms with van der Waals surface area (Å²) in [7, 11) is 0. The van der Waals surface area contributed by atoms with E-state index >= 15 is 0 Å². The first-order valence-corrected chi connectivity index (χ1v) is 12.9. The minimum Gasteiger partial charge on any atom is -0.462 e. The zero-order valence-corrected chi connectivity index (χ0v) is 22.0. The number of aryl methyl sites for hydroxylation is 2. The van der Waals surface area contributed by atoms with Crippen LogP contribution in [-0.2, 0) is 19.2 Å². The van der Waals surface area contributed by atoms with E-state index in [2.05, 4.69) is 0 Å². The fourth-order valence-corrected chi connectivity index (χ4v) is 6.13. The largest absolute Gasteiger partial charge is 0.462 e. The predicted octanol–water partition coefficient (Wildman–Crippen LogP) is 4.81. The van der Waals surface area contributed by atoms with Crippen LogP contribution in [0, 0.1) is 36.8 Å². The monoisotopic (exact) mass is 535 g/mol. The van der Waals surface area contributed by atoms with Gasteiger partial charge in [0.2, 0.25) is 5.91 Å². The van der Waals surface area contributed by atoms with E-state index in [4.69, 9.17) is 9.57 Å². The zero-order chi connectivity index (χ0) is 27.3. The van der Waals surface area contributed by atoms with Crippen LogP contribution < -0.4 is 9.96 Å². The molecule has 2 aliphatic rings. The number of anilines is 2. The van der Waals surface area contributed by atoms with Gasteiger partial charge < -0.3 is 4.74 Å². The highest BCUT2D eigenvalue weighted by Gasteiger charge is 2.61. The highest BCUT2D eigenvalue weighted by Crippen LogP contribution is 2.50. The molecule has 2 aromatic carbocycles. The number of rotatable bonds is 6. The van der Waals surface area contributed by atoms with Gasteiger partial charge in [0.05, 0.1) is 28.8 Å². The third-order valence-electron chi connectivity index (χ3n) is 6.96. The lowest BCUT2D eigenvalue weighted by Gasteiger charge is -2.29. The smallest absolute Gasteiger partial charge is 0.341 e. The highest BCUT2D eigenvalue weighted by molar-refractivity contribution is 7.17. The Morgan fingerprint density at radius 3 is 2.39 bits per heavy atom. The Morgan fingerprint density at radius 1 is 1.08 bits per heavy atom. The second-order valence-electron chi connectivity index (χ2n) is 9.15. The molecule has 3 heterocycles. The van der Waals surface area contributed by atoms with Crippen molar-refractivity contribution in [2.45, 2.75) is 39.8 Å². The number of hydrogen-bond acceptors (Lipinski definition) is 9. The second-order valence-corrected chi connectivity index (χ2v) is 10.4. The van der Waals surface area contributed by atoms with Gasteiger partial charge in [-0.2, -0.15) is 0 Å². The number of imide groups is 1. The summed E-state index contributed by atoms with van der Waals surface area (Å²) >= 11 is 1.18. The lowest BCUT2D eigenvalue weighted by atomic mass is 9.90. The fourth-order valence-electron chi connectivity index (χ4n) is 4.98. The van der Waals surface area contributed by atoms with Crippen LogP contribution in [0.3, 0.4) is 0 Å². The average Bonchev–Trinajstić information content (AvgIpc) is 3.49. The van der Waals surface area contributed by atoms with Gasteiger partial charge in [0.1, 0.15) is 10.9 Å². The van der Waals surface area contributed by atoms with Gasteiger partial charge in [-0.1, -0.05) is 30.3 Å². The Labute approximate surface area is 222 Å². The Hall–Kier alpha value is -4.09. The standard InChI is InChI=1S/C27H25N3O7S/c1-5-36-27(33)20-15(3)16(4)38-26(20)28-24(31)21-22(17-10-12-18(13-11-17)30(34)35)29(37-23(21)25(28)32)19-9-7-6-8-14(19)2/h6-13,21-23H,5H2,1-4H3. The molecule has 10 nitrogen and oxygen atoms in total. The molecule has 196 valence electrons. The number of non-ortho nitro benzene ring substituents is 1. The van der Waals surface area contributed by atoms with Crippen molar-refractivity contribution in [1.29, 1.82) is 0 Å². The normalized spacial score (nSPS) is 20.7. The number of carbonyl (C=O) groups excluding carboxylic acids is 3. The van der Waals surface area contributed by atoms with Crippen LogP contribution >= 0.6 is 11.3 Å². The van der Waals surface area contributed by atoms with Crippen LogP contribution in [0.15, 0.2) is 48.5 Å². The Morgan fingerprint density at radius 2 is 1.76 bits per heavy atom. The van der Waals surface area contributed by atoms with Crippen LogP contribution in [-0.4, -0.2) is 35.4 Å². The topological polar surface area (TPSA) is 119 Å². The molecule has 2 aliphatic heterocycles. The number of para-hydroxylation sites is 1. The summed E-state index contributed by atoms with van der Waals surface area (Å²) in [4.78, 5) is 59.3. The van der Waals surface area contributed by atoms with E-state index in [1.165, 1.54) is 23.5 Å². The molecule has 2 saturated heterocycles. The van der Waals surface area contributed by atoms with Crippen LogP contribution in [0.4, 0.5) is 16.4 Å². The van der Waals surface area contributed by atoms with Gasteiger partial charge in [0.25, 0.3) is 11.6 Å². The molecular weight excluding hydrogens is 510 g/mol. The van der Waals surface area contributed by atoms with Gasteiger partial charge in [-0.25, -0.2) is 14.8 Å². The Kier molecular flexibility index (Phi) is 6.49. The first-order valence-electron chi connectivity index (χ1n) is 12.1. The van der Waals surface area contributed by atoms with Gasteiger partial charge >= 0.3 is 5.97 Å². The highest BCUT2D eigenvalue weighted by atomic mass is 32.1. The minimum absolute atomic E-state index is 0.0919. The first-order chi connectivity index (χ1) is 18.1. The van der Waals surface area contributed by atoms with Crippen LogP contribution in [0.25, 0.3) is 0 Å². The fraction of sp³-hybridized carbons (Fsp3) is 0.296. The molecule has 5 rings (SSSR count). The number of nitrogens with zero attached hydrogens (tertiary/aromatic N) is 3. The molecule has 1 aromatic heterocycles. The molecule has 0 N–H and O–H groups in total. The predicted molar refractivity (Wildman–Crippen MR) is 140 cm³/mol. The van der Waals surface area contributed by atoms with E-state index in [-0.39, 0.29) is 22.9 Å². The quantitative estimate of drug-likeness (QED) is 0.191. The van der Waals surface area contributed by atoms with Crippen LogP contribution in [0.2, 0.25) is 0 Å². The number of thiophene rings is 1. The lowest BCUT2D eigenvalue weighted by Crippen LogP contribution is -2.38. The Balaban J connectivity index is 1.61. The van der Waals surface area contributed by atoms with Gasteiger partial charge in [-0.3, -0.25) is 24.5 Å². The summed E-state index contributed by atoms with van der Waals surface area (Å²) in [6.45, 7) is 7.29. The third kappa shape index (κ3) is 3.95. The average molecular weight is 536 g/mol. The number of amides is 2. The van der Waals surface area contributed by atoms with Gasteiger partial charge in [0.15, 0.2) is 6.10 Å². The number of fused-ring (bicyclic) bond motifs is 1. The molecule has 3 atom stereocenters. The first kappa shape index (κ1) is 25.6. The van der Waals surface area contributed by atoms with Crippen molar-refractivity contribution in [2.75, 3.05) is 16.6 Å². The van der Waals surface area contributed by atoms with Crippen molar-refractivity contribution in [2.24, 2.45) is 5.92 Å². The van der Waals surface area contributed by atoms with Gasteiger partial charge in [-0.15, -0.1) is 11.3 Å². The van der Waals surface area contributed by atoms with E-state index in [1.807, 2.05) is 38.1 Å². The minimum atomic E-state index is -1.14. The molecule has 38 heavy (non-hydrogen) atoms. The van der Waals surface area contributed by atoms with Crippen molar-refractivity contribution in [3.8, 4) is 0 Å². The number of benzene rings is 2. The maximum atomic E-state index is 14.0. The second kappa shape index (κ2) is 9.66. The summed E-state index contributed by atoms with van der Waals surface area (Å²) in [6.07, 6.45) is -1.14. The molecule has 0 saturated carbocycles. The van der Waals surface area contributed by atoms with Crippen molar-refractivity contribution in [1.82, 2.24) is 0 Å². The number of nitro benzene ring substituents is 1. The number of nitro groups is 1. The molecule has 0 aliphatic carbocycles. The summed E-state index contributed by atoms with van der Waals surface area (Å²) < 4.78 is 5.22. The summed E-state index contributed by atoms with van der Waals surface area (Å²) in [6, 6.07) is 12.5. The number of esters is 1. The number of hydroxylamine groups is 1. The third-order valence-corrected chi connectivity index (χ3v) is 8.16. The molecular formula is C27H25N3O7S. The molecule has 2 amide bonds. The van der Waals surface area contributed by atoms with E-state index in [0.29, 0.717) is 16.8 Å². The van der Waals surface area contributed by atoms with Crippen LogP contribution in [0.5, 0.6) is 0 Å². The summed E-state index contributed by atoms with van der Waals surface area (Å²) in [5, 5.41) is 13.0. The zero-order valence-electron chi connectivity index (χ0n) is 21.2. The molecule has 0 spiro atoms. The number of hydrogen-bond donors (Lipinski definition) is 0. The number of carbonyl (C=O) groups is 3. The Bertz CT molecular complexity index is 1470. The SMILES string of the molecule is CCOC(=O)c1c(N2C(=O)C3ON(c4ccccc4C)C(c4ccc([N+](=O)[O-])cc4)C3C2=O)sc(C)c1C. The summed E-state index contributed by atoms with van der Waals surface area (Å²) in [5.41, 5.74) is 2.87. The molecule has 2 fully saturated rings. The van der Waals surface area contributed by atoms with E-state index in [0.717, 1.165) is 15.3 Å². The van der Waals surface area contributed by atoms with Crippen molar-refractivity contribution >= 4 is 45.5 Å².